The molecule has 0 bridgehead atoms. The van der Waals surface area contributed by atoms with E-state index in [4.69, 9.17) is 18.9 Å². The number of furan rings is 1. The molecule has 198 valence electrons. The van der Waals surface area contributed by atoms with Crippen molar-refractivity contribution in [1.29, 1.82) is 0 Å². The fraction of sp³-hybridized carbons (Fsp3) is 0.379. The van der Waals surface area contributed by atoms with Crippen LogP contribution in [0, 0.1) is 6.92 Å². The Bertz CT molecular complexity index is 1540. The molecule has 8 nitrogen and oxygen atoms in total. The lowest BCUT2D eigenvalue weighted by atomic mass is 10.1. The van der Waals surface area contributed by atoms with Gasteiger partial charge in [0.25, 0.3) is 0 Å². The predicted octanol–water partition coefficient (Wildman–Crippen LogP) is 6.02. The monoisotopic (exact) mass is 531 g/mol. The van der Waals surface area contributed by atoms with Crippen LogP contribution in [0.15, 0.2) is 53.1 Å². The topological polar surface area (TPSA) is 68.3 Å². The van der Waals surface area contributed by atoms with Crippen molar-refractivity contribution in [3.8, 4) is 23.0 Å². The highest BCUT2D eigenvalue weighted by molar-refractivity contribution is 7.16. The van der Waals surface area contributed by atoms with Gasteiger partial charge < -0.3 is 18.8 Å². The summed E-state index contributed by atoms with van der Waals surface area (Å²) in [7, 11) is 1.66. The Morgan fingerprint density at radius 3 is 2.82 bits per heavy atom. The molecule has 1 unspecified atom stereocenters. The van der Waals surface area contributed by atoms with Crippen molar-refractivity contribution in [3.05, 3.63) is 59.2 Å². The van der Waals surface area contributed by atoms with E-state index >= 15 is 0 Å². The van der Waals surface area contributed by atoms with Gasteiger partial charge in [0, 0.05) is 54.4 Å². The fourth-order valence-corrected chi connectivity index (χ4v) is 6.04. The summed E-state index contributed by atoms with van der Waals surface area (Å²) >= 11 is 1.56. The van der Waals surface area contributed by atoms with Crippen LogP contribution in [0.3, 0.4) is 0 Å². The van der Waals surface area contributed by atoms with Crippen LogP contribution in [0.4, 0.5) is 5.69 Å². The molecule has 1 aliphatic heterocycles. The molecule has 0 aliphatic carbocycles. The van der Waals surface area contributed by atoms with E-state index in [2.05, 4.69) is 46.9 Å². The van der Waals surface area contributed by atoms with Gasteiger partial charge in [-0.25, -0.2) is 9.50 Å². The van der Waals surface area contributed by atoms with E-state index in [1.165, 1.54) is 18.7 Å². The highest BCUT2D eigenvalue weighted by atomic mass is 32.1. The summed E-state index contributed by atoms with van der Waals surface area (Å²) in [5.74, 6) is 2.27. The minimum absolute atomic E-state index is 0.398. The van der Waals surface area contributed by atoms with Gasteiger partial charge in [0.05, 0.1) is 13.3 Å². The summed E-state index contributed by atoms with van der Waals surface area (Å²) < 4.78 is 19.9. The second-order valence-corrected chi connectivity index (χ2v) is 11.1. The Balaban J connectivity index is 1.23. The number of benzene rings is 2. The van der Waals surface area contributed by atoms with Gasteiger partial charge in [-0.05, 0) is 51.1 Å². The fourth-order valence-electron chi connectivity index (χ4n) is 5.31. The number of anilines is 1. The number of piperazine rings is 1. The number of nitrogens with zero attached hydrogens (tertiary/aromatic N) is 5. The minimum atomic E-state index is 0.398. The van der Waals surface area contributed by atoms with Crippen molar-refractivity contribution in [3.63, 3.8) is 0 Å². The number of fused-ring (bicyclic) bond motifs is 2. The van der Waals surface area contributed by atoms with Gasteiger partial charge >= 0.3 is 0 Å². The van der Waals surface area contributed by atoms with E-state index in [9.17, 15) is 0 Å². The molecule has 0 spiro atoms. The van der Waals surface area contributed by atoms with Crippen LogP contribution < -0.4 is 14.4 Å². The van der Waals surface area contributed by atoms with Crippen LogP contribution in [0.5, 0.6) is 11.5 Å². The summed E-state index contributed by atoms with van der Waals surface area (Å²) in [5, 5.41) is 6.43. The van der Waals surface area contributed by atoms with Crippen LogP contribution in [0.25, 0.3) is 27.4 Å². The Kier molecular flexibility index (Phi) is 6.71. The number of hydrogen-bond donors (Lipinski definition) is 0. The lowest BCUT2D eigenvalue weighted by Gasteiger charge is -2.41. The third-order valence-electron chi connectivity index (χ3n) is 7.12. The van der Waals surface area contributed by atoms with E-state index in [0.29, 0.717) is 18.4 Å². The molecule has 0 saturated carbocycles. The average molecular weight is 532 g/mol. The van der Waals surface area contributed by atoms with Gasteiger partial charge in [-0.15, -0.1) is 0 Å². The Hall–Kier alpha value is -3.56. The Morgan fingerprint density at radius 1 is 1.13 bits per heavy atom. The zero-order valence-corrected chi connectivity index (χ0v) is 23.1. The van der Waals surface area contributed by atoms with Crippen molar-refractivity contribution in [2.75, 3.05) is 38.2 Å². The third-order valence-corrected chi connectivity index (χ3v) is 7.96. The molecule has 2 aromatic carbocycles. The smallest absolute Gasteiger partial charge is 0.212 e. The van der Waals surface area contributed by atoms with Crippen molar-refractivity contribution < 1.29 is 13.9 Å². The van der Waals surface area contributed by atoms with Crippen molar-refractivity contribution >= 4 is 33.0 Å². The number of aryl methyl sites for hydroxylation is 1. The molecular formula is C29H33N5O3S. The summed E-state index contributed by atoms with van der Waals surface area (Å²) in [5.41, 5.74) is 3.70. The molecule has 3 aromatic heterocycles. The maximum absolute atomic E-state index is 6.33. The van der Waals surface area contributed by atoms with Crippen molar-refractivity contribution in [1.82, 2.24) is 19.5 Å². The summed E-state index contributed by atoms with van der Waals surface area (Å²) in [4.78, 5) is 10.6. The van der Waals surface area contributed by atoms with Crippen LogP contribution in [0.1, 0.15) is 30.8 Å². The van der Waals surface area contributed by atoms with Gasteiger partial charge in [-0.2, -0.15) is 5.10 Å². The van der Waals surface area contributed by atoms with Crippen molar-refractivity contribution in [2.45, 2.75) is 39.8 Å². The molecule has 5 aromatic rings. The molecule has 0 amide bonds. The van der Waals surface area contributed by atoms with E-state index in [1.807, 2.05) is 37.4 Å². The molecule has 38 heavy (non-hydrogen) atoms. The maximum atomic E-state index is 6.33. The summed E-state index contributed by atoms with van der Waals surface area (Å²) in [6, 6.07) is 14.8. The molecule has 0 radical (unpaired) electrons. The number of aromatic nitrogens is 3. The SMILES string of the molecule is CCCN1CCN(c2cccc(OCc3cc(OC)cc4oc(-c5cn6nc(C)sc6n5)cc34)c2)C(C)C1. The number of methoxy groups -OCH3 is 1. The van der Waals surface area contributed by atoms with Crippen molar-refractivity contribution in [2.24, 2.45) is 0 Å². The molecule has 1 fully saturated rings. The zero-order valence-electron chi connectivity index (χ0n) is 22.3. The molecule has 1 atom stereocenters. The normalized spacial score (nSPS) is 16.5. The second kappa shape index (κ2) is 10.3. The highest BCUT2D eigenvalue weighted by Gasteiger charge is 2.23. The predicted molar refractivity (Wildman–Crippen MR) is 152 cm³/mol. The van der Waals surface area contributed by atoms with Crippen LogP contribution in [-0.4, -0.2) is 58.8 Å². The van der Waals surface area contributed by atoms with E-state index in [-0.39, 0.29) is 0 Å². The quantitative estimate of drug-likeness (QED) is 0.242. The van der Waals surface area contributed by atoms with Gasteiger partial charge in [-0.3, -0.25) is 4.90 Å². The molecule has 9 heteroatoms. The van der Waals surface area contributed by atoms with E-state index < -0.39 is 0 Å². The molecule has 1 saturated heterocycles. The first-order valence-electron chi connectivity index (χ1n) is 13.2. The first kappa shape index (κ1) is 24.8. The zero-order chi connectivity index (χ0) is 26.2. The number of ether oxygens (including phenoxy) is 2. The largest absolute Gasteiger partial charge is 0.497 e. The molecular weight excluding hydrogens is 498 g/mol. The Morgan fingerprint density at radius 2 is 2.03 bits per heavy atom. The average Bonchev–Trinajstić information content (AvgIpc) is 3.60. The van der Waals surface area contributed by atoms with E-state index in [1.54, 1.807) is 23.0 Å². The van der Waals surface area contributed by atoms with Crippen LogP contribution >= 0.6 is 11.3 Å². The minimum Gasteiger partial charge on any atom is -0.497 e. The number of hydrogen-bond acceptors (Lipinski definition) is 8. The summed E-state index contributed by atoms with van der Waals surface area (Å²) in [6.45, 7) is 11.3. The first-order valence-corrected chi connectivity index (χ1v) is 14.0. The maximum Gasteiger partial charge on any atom is 0.212 e. The number of imidazole rings is 1. The summed E-state index contributed by atoms with van der Waals surface area (Å²) in [6.07, 6.45) is 3.10. The lowest BCUT2D eigenvalue weighted by Crippen LogP contribution is -2.52. The molecule has 4 heterocycles. The Labute approximate surface area is 226 Å². The van der Waals surface area contributed by atoms with E-state index in [0.717, 1.165) is 63.3 Å². The third kappa shape index (κ3) is 4.83. The van der Waals surface area contributed by atoms with Gasteiger partial charge in [0.1, 0.15) is 34.4 Å². The van der Waals surface area contributed by atoms with Gasteiger partial charge in [0.15, 0.2) is 5.76 Å². The van der Waals surface area contributed by atoms with Crippen LogP contribution in [0.2, 0.25) is 0 Å². The standard InChI is InChI=1S/C29H33N5O3S/c1-5-9-32-10-11-33(19(2)16-32)22-7-6-8-23(13-22)36-18-21-12-24(35-4)14-27-25(21)15-28(37-27)26-17-34-29(30-26)38-20(3)31-34/h6-8,12-15,17,19H,5,9-11,16,18H2,1-4H3. The lowest BCUT2D eigenvalue weighted by molar-refractivity contribution is 0.229. The van der Waals surface area contributed by atoms with Crippen LogP contribution in [-0.2, 0) is 6.61 Å². The molecule has 1 aliphatic rings. The number of rotatable bonds is 8. The van der Waals surface area contributed by atoms with Gasteiger partial charge in [0.2, 0.25) is 4.96 Å². The second-order valence-electron chi connectivity index (χ2n) is 9.91. The van der Waals surface area contributed by atoms with Gasteiger partial charge in [-0.1, -0.05) is 24.3 Å². The highest BCUT2D eigenvalue weighted by Crippen LogP contribution is 2.34. The first-order chi connectivity index (χ1) is 18.5. The molecule has 6 rings (SSSR count). The molecule has 0 N–H and O–H groups in total.